The Kier molecular flexibility index (Phi) is 4.74. The standard InChI is InChI=1S/C15H19NO4/c17-8-6-11-3-2-7-16(10-11)14(18)12-4-1-5-13(9-12)15(19)20/h1,4-5,9,11,17H,2-3,6-8,10H2,(H,19,20). The predicted octanol–water partition coefficient (Wildman–Crippen LogP) is 1.62. The molecule has 0 saturated carbocycles. The van der Waals surface area contributed by atoms with Crippen LogP contribution in [0.15, 0.2) is 24.3 Å². The van der Waals surface area contributed by atoms with Gasteiger partial charge in [-0.05, 0) is 43.4 Å². The molecule has 0 spiro atoms. The SMILES string of the molecule is O=C(O)c1cccc(C(=O)N2CCCC(CCO)C2)c1. The lowest BCUT2D eigenvalue weighted by molar-refractivity contribution is 0.0653. The molecule has 1 saturated heterocycles. The number of piperidine rings is 1. The van der Waals surface area contributed by atoms with Crippen molar-refractivity contribution in [3.8, 4) is 0 Å². The minimum Gasteiger partial charge on any atom is -0.478 e. The highest BCUT2D eigenvalue weighted by atomic mass is 16.4. The van der Waals surface area contributed by atoms with Gasteiger partial charge in [0.25, 0.3) is 5.91 Å². The number of carboxylic acid groups (broad SMARTS) is 1. The van der Waals surface area contributed by atoms with Crippen LogP contribution in [0.1, 0.15) is 40.0 Å². The predicted molar refractivity (Wildman–Crippen MR) is 73.7 cm³/mol. The number of carbonyl (C=O) groups is 2. The first-order valence-electron chi connectivity index (χ1n) is 6.85. The van der Waals surface area contributed by atoms with Crippen molar-refractivity contribution in [3.63, 3.8) is 0 Å². The van der Waals surface area contributed by atoms with Gasteiger partial charge in [0.2, 0.25) is 0 Å². The van der Waals surface area contributed by atoms with Gasteiger partial charge in [-0.15, -0.1) is 0 Å². The number of aliphatic hydroxyl groups is 1. The second-order valence-corrected chi connectivity index (χ2v) is 5.16. The number of carbonyl (C=O) groups excluding carboxylic acids is 1. The van der Waals surface area contributed by atoms with Crippen LogP contribution in [0, 0.1) is 5.92 Å². The molecule has 20 heavy (non-hydrogen) atoms. The molecule has 1 aliphatic rings. The Balaban J connectivity index is 2.10. The second-order valence-electron chi connectivity index (χ2n) is 5.16. The van der Waals surface area contributed by atoms with E-state index < -0.39 is 5.97 Å². The van der Waals surface area contributed by atoms with Crippen LogP contribution in [0.4, 0.5) is 0 Å². The van der Waals surface area contributed by atoms with Crippen molar-refractivity contribution >= 4 is 11.9 Å². The molecule has 0 aliphatic carbocycles. The number of likely N-dealkylation sites (tertiary alicyclic amines) is 1. The second kappa shape index (κ2) is 6.52. The van der Waals surface area contributed by atoms with Gasteiger partial charge in [-0.2, -0.15) is 0 Å². The molecule has 1 aromatic rings. The maximum absolute atomic E-state index is 12.4. The van der Waals surface area contributed by atoms with E-state index in [9.17, 15) is 9.59 Å². The lowest BCUT2D eigenvalue weighted by Crippen LogP contribution is -2.40. The van der Waals surface area contributed by atoms with Crippen molar-refractivity contribution < 1.29 is 19.8 Å². The third kappa shape index (κ3) is 3.36. The molecule has 0 aromatic heterocycles. The Morgan fingerprint density at radius 2 is 2.05 bits per heavy atom. The Bertz CT molecular complexity index is 498. The molecule has 1 atom stereocenters. The summed E-state index contributed by atoms with van der Waals surface area (Å²) in [5, 5.41) is 17.9. The van der Waals surface area contributed by atoms with Crippen LogP contribution in [0.2, 0.25) is 0 Å². The normalized spacial score (nSPS) is 18.9. The molecule has 0 bridgehead atoms. The summed E-state index contributed by atoms with van der Waals surface area (Å²) in [4.78, 5) is 25.1. The molecule has 1 unspecified atom stereocenters. The first-order chi connectivity index (χ1) is 9.61. The van der Waals surface area contributed by atoms with E-state index >= 15 is 0 Å². The number of hydrogen-bond donors (Lipinski definition) is 2. The summed E-state index contributed by atoms with van der Waals surface area (Å²) >= 11 is 0. The number of rotatable bonds is 4. The minimum absolute atomic E-state index is 0.125. The molecule has 1 aliphatic heterocycles. The van der Waals surface area contributed by atoms with E-state index in [0.29, 0.717) is 31.0 Å². The van der Waals surface area contributed by atoms with E-state index in [4.69, 9.17) is 10.2 Å². The summed E-state index contributed by atoms with van der Waals surface area (Å²) in [5.41, 5.74) is 0.536. The topological polar surface area (TPSA) is 77.8 Å². The molecule has 5 nitrogen and oxygen atoms in total. The van der Waals surface area contributed by atoms with Crippen molar-refractivity contribution in [1.29, 1.82) is 0 Å². The van der Waals surface area contributed by atoms with Crippen LogP contribution in [0.25, 0.3) is 0 Å². The third-order valence-corrected chi connectivity index (χ3v) is 3.70. The zero-order valence-corrected chi connectivity index (χ0v) is 11.3. The molecule has 0 radical (unpaired) electrons. The summed E-state index contributed by atoms with van der Waals surface area (Å²) in [7, 11) is 0. The smallest absolute Gasteiger partial charge is 0.335 e. The van der Waals surface area contributed by atoms with E-state index in [1.165, 1.54) is 12.1 Å². The number of carboxylic acids is 1. The lowest BCUT2D eigenvalue weighted by Gasteiger charge is -2.32. The molecule has 1 aromatic carbocycles. The van der Waals surface area contributed by atoms with E-state index in [1.807, 2.05) is 0 Å². The molecular weight excluding hydrogens is 258 g/mol. The first kappa shape index (κ1) is 14.5. The van der Waals surface area contributed by atoms with Gasteiger partial charge < -0.3 is 15.1 Å². The average molecular weight is 277 g/mol. The molecule has 1 amide bonds. The first-order valence-corrected chi connectivity index (χ1v) is 6.85. The fraction of sp³-hybridized carbons (Fsp3) is 0.467. The fourth-order valence-electron chi connectivity index (χ4n) is 2.64. The Hall–Kier alpha value is -1.88. The number of amides is 1. The highest BCUT2D eigenvalue weighted by molar-refractivity contribution is 5.97. The van der Waals surface area contributed by atoms with Gasteiger partial charge in [0, 0.05) is 25.3 Å². The van der Waals surface area contributed by atoms with Crippen LogP contribution < -0.4 is 0 Å². The van der Waals surface area contributed by atoms with Crippen molar-refractivity contribution in [3.05, 3.63) is 35.4 Å². The number of nitrogens with zero attached hydrogens (tertiary/aromatic N) is 1. The van der Waals surface area contributed by atoms with Crippen LogP contribution in [-0.2, 0) is 0 Å². The van der Waals surface area contributed by atoms with Gasteiger partial charge in [0.05, 0.1) is 5.56 Å². The van der Waals surface area contributed by atoms with Crippen LogP contribution >= 0.6 is 0 Å². The van der Waals surface area contributed by atoms with Crippen LogP contribution in [-0.4, -0.2) is 46.7 Å². The maximum Gasteiger partial charge on any atom is 0.335 e. The largest absolute Gasteiger partial charge is 0.478 e. The van der Waals surface area contributed by atoms with Gasteiger partial charge in [0.1, 0.15) is 0 Å². The summed E-state index contributed by atoms with van der Waals surface area (Å²) in [6.45, 7) is 1.47. The number of aliphatic hydroxyl groups excluding tert-OH is 1. The summed E-state index contributed by atoms with van der Waals surface area (Å²) in [6.07, 6.45) is 2.66. The van der Waals surface area contributed by atoms with Crippen molar-refractivity contribution in [1.82, 2.24) is 4.90 Å². The molecular formula is C15H19NO4. The van der Waals surface area contributed by atoms with E-state index in [2.05, 4.69) is 0 Å². The zero-order chi connectivity index (χ0) is 14.5. The van der Waals surface area contributed by atoms with Crippen molar-refractivity contribution in [2.24, 2.45) is 5.92 Å². The number of aromatic carboxylic acids is 1. The van der Waals surface area contributed by atoms with Gasteiger partial charge in [0.15, 0.2) is 0 Å². The number of hydrogen-bond acceptors (Lipinski definition) is 3. The fourth-order valence-corrected chi connectivity index (χ4v) is 2.64. The zero-order valence-electron chi connectivity index (χ0n) is 11.3. The average Bonchev–Trinajstić information content (AvgIpc) is 2.47. The molecule has 108 valence electrons. The summed E-state index contributed by atoms with van der Waals surface area (Å²) in [6, 6.07) is 6.13. The van der Waals surface area contributed by atoms with Crippen molar-refractivity contribution in [2.45, 2.75) is 19.3 Å². The molecule has 5 heteroatoms. The minimum atomic E-state index is -1.03. The van der Waals surface area contributed by atoms with Gasteiger partial charge >= 0.3 is 5.97 Å². The third-order valence-electron chi connectivity index (χ3n) is 3.70. The van der Waals surface area contributed by atoms with Crippen LogP contribution in [0.5, 0.6) is 0 Å². The van der Waals surface area contributed by atoms with E-state index in [1.54, 1.807) is 17.0 Å². The molecule has 1 heterocycles. The van der Waals surface area contributed by atoms with Crippen LogP contribution in [0.3, 0.4) is 0 Å². The monoisotopic (exact) mass is 277 g/mol. The summed E-state index contributed by atoms with van der Waals surface area (Å²) < 4.78 is 0. The van der Waals surface area contributed by atoms with Gasteiger partial charge in [-0.25, -0.2) is 4.79 Å². The highest BCUT2D eigenvalue weighted by Gasteiger charge is 2.24. The number of benzene rings is 1. The Labute approximate surface area is 117 Å². The van der Waals surface area contributed by atoms with E-state index in [-0.39, 0.29) is 18.1 Å². The summed E-state index contributed by atoms with van der Waals surface area (Å²) in [5.74, 6) is -0.826. The Morgan fingerprint density at radius 3 is 2.75 bits per heavy atom. The maximum atomic E-state index is 12.4. The molecule has 1 fully saturated rings. The van der Waals surface area contributed by atoms with E-state index in [0.717, 1.165) is 12.8 Å². The Morgan fingerprint density at radius 1 is 1.30 bits per heavy atom. The van der Waals surface area contributed by atoms with Crippen molar-refractivity contribution in [2.75, 3.05) is 19.7 Å². The van der Waals surface area contributed by atoms with Gasteiger partial charge in [-0.1, -0.05) is 6.07 Å². The highest BCUT2D eigenvalue weighted by Crippen LogP contribution is 2.21. The molecule has 2 N–H and O–H groups in total. The van der Waals surface area contributed by atoms with Gasteiger partial charge in [-0.3, -0.25) is 4.79 Å². The quantitative estimate of drug-likeness (QED) is 0.876. The molecule has 2 rings (SSSR count). The lowest BCUT2D eigenvalue weighted by atomic mass is 9.94.